The van der Waals surface area contributed by atoms with Gasteiger partial charge in [-0.05, 0) is 36.4 Å². The van der Waals surface area contributed by atoms with Gasteiger partial charge in [-0.2, -0.15) is 10.2 Å². The molecule has 4 aromatic rings. The third-order valence-corrected chi connectivity index (χ3v) is 4.53. The van der Waals surface area contributed by atoms with Gasteiger partial charge < -0.3 is 0 Å². The number of benzene rings is 2. The summed E-state index contributed by atoms with van der Waals surface area (Å²) < 4.78 is 1.77. The van der Waals surface area contributed by atoms with Crippen molar-refractivity contribution in [2.75, 3.05) is 0 Å². The molecule has 0 radical (unpaired) electrons. The van der Waals surface area contributed by atoms with Gasteiger partial charge in [-0.3, -0.25) is 9.78 Å². The highest BCUT2D eigenvalue weighted by molar-refractivity contribution is 6.33. The fourth-order valence-electron chi connectivity index (χ4n) is 2.79. The van der Waals surface area contributed by atoms with Gasteiger partial charge >= 0.3 is 0 Å². The zero-order valence-corrected chi connectivity index (χ0v) is 16.0. The smallest absolute Gasteiger partial charge is 0.267 e. The average Bonchev–Trinajstić information content (AvgIpc) is 3.19. The number of carbonyl (C=O) groups is 1. The average molecular weight is 402 g/mol. The molecule has 0 fully saturated rings. The van der Waals surface area contributed by atoms with E-state index in [0.717, 1.165) is 22.5 Å². The maximum absolute atomic E-state index is 12.3. The largest absolute Gasteiger partial charge is 0.272 e. The zero-order chi connectivity index (χ0) is 20.1. The summed E-state index contributed by atoms with van der Waals surface area (Å²) in [5, 5.41) is 9.15. The van der Waals surface area contributed by atoms with Crippen molar-refractivity contribution >= 4 is 23.7 Å². The molecule has 0 unspecified atom stereocenters. The van der Waals surface area contributed by atoms with E-state index in [1.807, 2.05) is 48.7 Å². The summed E-state index contributed by atoms with van der Waals surface area (Å²) in [6.07, 6.45) is 6.83. The first-order valence-corrected chi connectivity index (χ1v) is 9.23. The van der Waals surface area contributed by atoms with E-state index < -0.39 is 0 Å². The third kappa shape index (κ3) is 4.23. The Bertz CT molecular complexity index is 1160. The monoisotopic (exact) mass is 401 g/mol. The minimum Gasteiger partial charge on any atom is -0.267 e. The Morgan fingerprint density at radius 3 is 2.48 bits per heavy atom. The lowest BCUT2D eigenvalue weighted by Crippen LogP contribution is -2.17. The molecule has 0 spiro atoms. The van der Waals surface area contributed by atoms with E-state index in [9.17, 15) is 4.79 Å². The molecule has 0 saturated carbocycles. The molecule has 29 heavy (non-hydrogen) atoms. The van der Waals surface area contributed by atoms with E-state index in [-0.39, 0.29) is 5.91 Å². The van der Waals surface area contributed by atoms with E-state index in [1.54, 1.807) is 47.6 Å². The number of halogens is 1. The molecule has 4 rings (SSSR count). The SMILES string of the molecule is O=C(N/N=C\c1cn(-c2ccccc2)nc1-c1ccncc1)c1ccccc1Cl. The Morgan fingerprint density at radius 1 is 1.00 bits per heavy atom. The number of pyridine rings is 1. The standard InChI is InChI=1S/C22H16ClN5O/c23-20-9-5-4-8-19(20)22(29)26-25-14-17-15-28(18-6-2-1-3-7-18)27-21(17)16-10-12-24-13-11-16/h1-15H,(H,26,29)/b25-14-. The molecule has 7 heteroatoms. The lowest BCUT2D eigenvalue weighted by atomic mass is 10.1. The number of rotatable bonds is 5. The molecule has 0 aliphatic rings. The van der Waals surface area contributed by atoms with Gasteiger partial charge in [0.15, 0.2) is 0 Å². The summed E-state index contributed by atoms with van der Waals surface area (Å²) in [6, 6.07) is 20.3. The van der Waals surface area contributed by atoms with Gasteiger partial charge in [0, 0.05) is 29.7 Å². The lowest BCUT2D eigenvalue weighted by Gasteiger charge is -2.01. The first-order valence-electron chi connectivity index (χ1n) is 8.86. The molecule has 1 amide bonds. The molecular formula is C22H16ClN5O. The van der Waals surface area contributed by atoms with Crippen molar-refractivity contribution < 1.29 is 4.79 Å². The maximum Gasteiger partial charge on any atom is 0.272 e. The van der Waals surface area contributed by atoms with E-state index in [2.05, 4.69) is 20.6 Å². The Hall–Kier alpha value is -3.77. The quantitative estimate of drug-likeness (QED) is 0.399. The number of amides is 1. The second kappa shape index (κ2) is 8.50. The van der Waals surface area contributed by atoms with E-state index >= 15 is 0 Å². The predicted octanol–water partition coefficient (Wildman–Crippen LogP) is 4.35. The molecule has 2 aromatic heterocycles. The molecule has 0 saturated heterocycles. The van der Waals surface area contributed by atoms with Crippen LogP contribution in [0.4, 0.5) is 0 Å². The third-order valence-electron chi connectivity index (χ3n) is 4.21. The summed E-state index contributed by atoms with van der Waals surface area (Å²) >= 11 is 6.06. The van der Waals surface area contributed by atoms with Crippen LogP contribution in [0.15, 0.2) is 90.4 Å². The molecular weight excluding hydrogens is 386 g/mol. The highest BCUT2D eigenvalue weighted by Gasteiger charge is 2.12. The Balaban J connectivity index is 1.63. The van der Waals surface area contributed by atoms with Crippen LogP contribution in [0, 0.1) is 0 Å². The number of aromatic nitrogens is 3. The molecule has 0 aliphatic heterocycles. The summed E-state index contributed by atoms with van der Waals surface area (Å²) in [5.41, 5.74) is 6.17. The molecule has 2 heterocycles. The number of para-hydroxylation sites is 1. The van der Waals surface area contributed by atoms with Gasteiger partial charge in [0.1, 0.15) is 5.69 Å². The fourth-order valence-corrected chi connectivity index (χ4v) is 3.02. The van der Waals surface area contributed by atoms with Crippen molar-refractivity contribution in [3.63, 3.8) is 0 Å². The van der Waals surface area contributed by atoms with Crippen LogP contribution >= 0.6 is 11.6 Å². The van der Waals surface area contributed by atoms with Gasteiger partial charge in [-0.25, -0.2) is 10.1 Å². The topological polar surface area (TPSA) is 72.2 Å². The maximum atomic E-state index is 12.3. The van der Waals surface area contributed by atoms with Crippen LogP contribution in [0.2, 0.25) is 5.02 Å². The molecule has 0 bridgehead atoms. The minimum absolute atomic E-state index is 0.362. The van der Waals surface area contributed by atoms with Crippen LogP contribution in [0.3, 0.4) is 0 Å². The highest BCUT2D eigenvalue weighted by Crippen LogP contribution is 2.22. The molecule has 6 nitrogen and oxygen atoms in total. The highest BCUT2D eigenvalue weighted by atomic mass is 35.5. The van der Waals surface area contributed by atoms with Gasteiger partial charge in [0.25, 0.3) is 5.91 Å². The van der Waals surface area contributed by atoms with Gasteiger partial charge in [-0.1, -0.05) is 41.9 Å². The molecule has 1 N–H and O–H groups in total. The van der Waals surface area contributed by atoms with Crippen molar-refractivity contribution in [1.82, 2.24) is 20.2 Å². The number of hydrazone groups is 1. The number of nitrogens with zero attached hydrogens (tertiary/aromatic N) is 4. The minimum atomic E-state index is -0.382. The molecule has 142 valence electrons. The Labute approximate surface area is 172 Å². The van der Waals surface area contributed by atoms with Crippen LogP contribution in [0.1, 0.15) is 15.9 Å². The number of hydrogen-bond donors (Lipinski definition) is 1. The van der Waals surface area contributed by atoms with Crippen LogP contribution < -0.4 is 5.43 Å². The summed E-state index contributed by atoms with van der Waals surface area (Å²) in [7, 11) is 0. The van der Waals surface area contributed by atoms with Crippen molar-refractivity contribution in [2.45, 2.75) is 0 Å². The lowest BCUT2D eigenvalue weighted by molar-refractivity contribution is 0.0955. The van der Waals surface area contributed by atoms with Crippen molar-refractivity contribution in [3.8, 4) is 16.9 Å². The van der Waals surface area contributed by atoms with Gasteiger partial charge in [0.05, 0.1) is 22.5 Å². The first-order chi connectivity index (χ1) is 14.2. The summed E-state index contributed by atoms with van der Waals surface area (Å²) in [6.45, 7) is 0. The van der Waals surface area contributed by atoms with Crippen molar-refractivity contribution in [3.05, 3.63) is 101 Å². The van der Waals surface area contributed by atoms with Crippen LogP contribution in [-0.4, -0.2) is 26.9 Å². The number of nitrogens with one attached hydrogen (secondary N) is 1. The van der Waals surface area contributed by atoms with E-state index in [1.165, 1.54) is 0 Å². The fraction of sp³-hybridized carbons (Fsp3) is 0. The van der Waals surface area contributed by atoms with E-state index in [4.69, 9.17) is 11.6 Å². The number of carbonyl (C=O) groups excluding carboxylic acids is 1. The number of hydrogen-bond acceptors (Lipinski definition) is 4. The zero-order valence-electron chi connectivity index (χ0n) is 15.2. The second-order valence-corrected chi connectivity index (χ2v) is 6.54. The van der Waals surface area contributed by atoms with Gasteiger partial charge in [-0.15, -0.1) is 0 Å². The molecule has 0 atom stereocenters. The van der Waals surface area contributed by atoms with Crippen LogP contribution in [0.5, 0.6) is 0 Å². The van der Waals surface area contributed by atoms with Gasteiger partial charge in [0.2, 0.25) is 0 Å². The Morgan fingerprint density at radius 2 is 1.72 bits per heavy atom. The normalized spacial score (nSPS) is 10.9. The molecule has 0 aliphatic carbocycles. The summed E-state index contributed by atoms with van der Waals surface area (Å²) in [4.78, 5) is 16.4. The predicted molar refractivity (Wildman–Crippen MR) is 113 cm³/mol. The van der Waals surface area contributed by atoms with E-state index in [0.29, 0.717) is 10.6 Å². The molecule has 2 aromatic carbocycles. The Kier molecular flexibility index (Phi) is 5.45. The van der Waals surface area contributed by atoms with Crippen molar-refractivity contribution in [1.29, 1.82) is 0 Å². The van der Waals surface area contributed by atoms with Crippen LogP contribution in [-0.2, 0) is 0 Å². The second-order valence-electron chi connectivity index (χ2n) is 6.13. The van der Waals surface area contributed by atoms with Crippen molar-refractivity contribution in [2.24, 2.45) is 5.10 Å². The van der Waals surface area contributed by atoms with Crippen LogP contribution in [0.25, 0.3) is 16.9 Å². The first kappa shape index (κ1) is 18.6. The summed E-state index contributed by atoms with van der Waals surface area (Å²) in [5.74, 6) is -0.382.